The molecule has 4 aromatic rings. The molecule has 2 aromatic carbocycles. The van der Waals surface area contributed by atoms with Gasteiger partial charge in [-0.25, -0.2) is 4.98 Å². The highest BCUT2D eigenvalue weighted by Crippen LogP contribution is 2.39. The van der Waals surface area contributed by atoms with Crippen LogP contribution in [0.4, 0.5) is 10.7 Å². The van der Waals surface area contributed by atoms with Gasteiger partial charge < -0.3 is 4.42 Å². The molecule has 0 N–H and O–H groups in total. The van der Waals surface area contributed by atoms with Gasteiger partial charge in [0, 0.05) is 11.6 Å². The van der Waals surface area contributed by atoms with Gasteiger partial charge in [-0.1, -0.05) is 59.9 Å². The largest absolute Gasteiger partial charge is 0.465 e. The molecule has 2 aromatic heterocycles. The molecule has 134 valence electrons. The zero-order chi connectivity index (χ0) is 19.2. The molecule has 4 rings (SSSR count). The maximum atomic E-state index is 9.61. The van der Waals surface area contributed by atoms with Crippen LogP contribution in [0, 0.1) is 11.3 Å². The molecule has 0 radical (unpaired) electrons. The third-order valence-electron chi connectivity index (χ3n) is 3.85. The molecule has 0 aliphatic carbocycles. The molecule has 0 unspecified atom stereocenters. The summed E-state index contributed by atoms with van der Waals surface area (Å²) in [5.74, 6) is 0.598. The fourth-order valence-corrected chi connectivity index (χ4v) is 3.41. The fraction of sp³-hybridized carbons (Fsp3) is 0. The van der Waals surface area contributed by atoms with Crippen molar-refractivity contribution >= 4 is 33.7 Å². The second-order valence-corrected chi connectivity index (χ2v) is 6.74. The zero-order valence-electron chi connectivity index (χ0n) is 14.7. The Hall–Kier alpha value is -3.82. The average Bonchev–Trinajstić information content (AvgIpc) is 3.42. The molecular weight excluding hydrogens is 368 g/mol. The van der Waals surface area contributed by atoms with E-state index in [0.717, 1.165) is 11.3 Å². The van der Waals surface area contributed by atoms with E-state index in [1.54, 1.807) is 24.5 Å². The normalized spacial score (nSPS) is 11.6. The van der Waals surface area contributed by atoms with E-state index in [1.165, 1.54) is 11.3 Å². The summed E-state index contributed by atoms with van der Waals surface area (Å²) in [5, 5.41) is 19.5. The van der Waals surface area contributed by atoms with Gasteiger partial charge in [-0.15, -0.1) is 10.2 Å². The molecule has 0 aliphatic rings. The number of hydrogen-bond acceptors (Lipinski definition) is 6. The van der Waals surface area contributed by atoms with Crippen LogP contribution in [0.5, 0.6) is 0 Å². The van der Waals surface area contributed by atoms with E-state index in [1.807, 2.05) is 60.7 Å². The highest BCUT2D eigenvalue weighted by Gasteiger charge is 2.16. The van der Waals surface area contributed by atoms with E-state index in [0.29, 0.717) is 27.0 Å². The van der Waals surface area contributed by atoms with Crippen molar-refractivity contribution in [1.29, 1.82) is 5.26 Å². The average molecular weight is 382 g/mol. The maximum absolute atomic E-state index is 9.61. The number of azo groups is 1. The summed E-state index contributed by atoms with van der Waals surface area (Å²) < 4.78 is 5.32. The number of rotatable bonds is 5. The molecule has 0 amide bonds. The van der Waals surface area contributed by atoms with Gasteiger partial charge in [-0.05, 0) is 24.3 Å². The Morgan fingerprint density at radius 3 is 2.39 bits per heavy atom. The van der Waals surface area contributed by atoms with Gasteiger partial charge in [0.2, 0.25) is 0 Å². The lowest BCUT2D eigenvalue weighted by molar-refractivity contribution is 0.557. The number of nitriles is 1. The predicted molar refractivity (Wildman–Crippen MR) is 110 cm³/mol. The van der Waals surface area contributed by atoms with Gasteiger partial charge >= 0.3 is 0 Å². The smallest absolute Gasteiger partial charge is 0.167 e. The Kier molecular flexibility index (Phi) is 5.18. The van der Waals surface area contributed by atoms with Crippen LogP contribution in [-0.4, -0.2) is 4.98 Å². The number of thiazole rings is 1. The number of allylic oxidation sites excluding steroid dienone is 1. The van der Waals surface area contributed by atoms with Crippen LogP contribution in [0.1, 0.15) is 10.8 Å². The molecule has 0 aliphatic heterocycles. The summed E-state index contributed by atoms with van der Waals surface area (Å²) in [6, 6.07) is 25.0. The summed E-state index contributed by atoms with van der Waals surface area (Å²) in [6.07, 6.45) is 3.24. The lowest BCUT2D eigenvalue weighted by Gasteiger charge is -1.97. The molecule has 0 spiro atoms. The first-order chi connectivity index (χ1) is 13.8. The molecule has 5 nitrogen and oxygen atoms in total. The summed E-state index contributed by atoms with van der Waals surface area (Å²) in [5.41, 5.74) is 2.78. The SMILES string of the molecule is N#C/C(=C/c1ccco1)c1nc(-c2ccccc2)c(N=Nc2ccccc2)s1. The van der Waals surface area contributed by atoms with Crippen molar-refractivity contribution in [3.8, 4) is 17.3 Å². The number of benzene rings is 2. The number of nitrogens with zero attached hydrogens (tertiary/aromatic N) is 4. The third-order valence-corrected chi connectivity index (χ3v) is 4.82. The minimum Gasteiger partial charge on any atom is -0.465 e. The molecule has 2 heterocycles. The highest BCUT2D eigenvalue weighted by molar-refractivity contribution is 7.17. The summed E-state index contributed by atoms with van der Waals surface area (Å²) in [4.78, 5) is 4.68. The lowest BCUT2D eigenvalue weighted by atomic mass is 10.1. The molecule has 0 bridgehead atoms. The molecular formula is C22H14N4OS. The Morgan fingerprint density at radius 2 is 1.71 bits per heavy atom. The zero-order valence-corrected chi connectivity index (χ0v) is 15.5. The van der Waals surface area contributed by atoms with Crippen LogP contribution in [0.3, 0.4) is 0 Å². The van der Waals surface area contributed by atoms with Crippen LogP contribution in [0.15, 0.2) is 93.7 Å². The second-order valence-electron chi connectivity index (χ2n) is 5.76. The van der Waals surface area contributed by atoms with Crippen LogP contribution < -0.4 is 0 Å². The summed E-state index contributed by atoms with van der Waals surface area (Å²) >= 11 is 1.32. The molecule has 6 heteroatoms. The third kappa shape index (κ3) is 3.95. The predicted octanol–water partition coefficient (Wildman–Crippen LogP) is 6.88. The van der Waals surface area contributed by atoms with E-state index in [4.69, 9.17) is 4.42 Å². The fourth-order valence-electron chi connectivity index (χ4n) is 2.53. The lowest BCUT2D eigenvalue weighted by Crippen LogP contribution is -1.82. The summed E-state index contributed by atoms with van der Waals surface area (Å²) in [6.45, 7) is 0. The molecule has 0 saturated heterocycles. The Labute approximate surface area is 166 Å². The van der Waals surface area contributed by atoms with Gasteiger partial charge in [0.15, 0.2) is 5.00 Å². The minimum atomic E-state index is 0.415. The van der Waals surface area contributed by atoms with Gasteiger partial charge in [0.05, 0.1) is 17.5 Å². The first-order valence-electron chi connectivity index (χ1n) is 8.52. The highest BCUT2D eigenvalue weighted by atomic mass is 32.1. The van der Waals surface area contributed by atoms with Crippen molar-refractivity contribution in [2.24, 2.45) is 10.2 Å². The Balaban J connectivity index is 1.78. The summed E-state index contributed by atoms with van der Waals surface area (Å²) in [7, 11) is 0. The topological polar surface area (TPSA) is 74.5 Å². The van der Waals surface area contributed by atoms with E-state index >= 15 is 0 Å². The van der Waals surface area contributed by atoms with E-state index in [9.17, 15) is 5.26 Å². The monoisotopic (exact) mass is 382 g/mol. The van der Waals surface area contributed by atoms with Gasteiger partial charge in [-0.2, -0.15) is 5.26 Å². The Bertz CT molecular complexity index is 1150. The van der Waals surface area contributed by atoms with Gasteiger partial charge in [0.25, 0.3) is 0 Å². The van der Waals surface area contributed by atoms with Crippen molar-refractivity contribution in [1.82, 2.24) is 4.98 Å². The van der Waals surface area contributed by atoms with Crippen LogP contribution in [-0.2, 0) is 0 Å². The van der Waals surface area contributed by atoms with Crippen LogP contribution in [0.25, 0.3) is 22.9 Å². The van der Waals surface area contributed by atoms with Crippen molar-refractivity contribution in [3.63, 3.8) is 0 Å². The van der Waals surface area contributed by atoms with Crippen LogP contribution >= 0.6 is 11.3 Å². The minimum absolute atomic E-state index is 0.415. The van der Waals surface area contributed by atoms with Crippen LogP contribution in [0.2, 0.25) is 0 Å². The van der Waals surface area contributed by atoms with Gasteiger partial charge in [0.1, 0.15) is 22.5 Å². The van der Waals surface area contributed by atoms with Crippen molar-refractivity contribution in [2.75, 3.05) is 0 Å². The number of aromatic nitrogens is 1. The molecule has 0 saturated carbocycles. The van der Waals surface area contributed by atoms with Crippen molar-refractivity contribution in [3.05, 3.63) is 89.8 Å². The number of furan rings is 1. The second kappa shape index (κ2) is 8.25. The standard InChI is InChI=1S/C22H14N4OS/c23-15-17(14-19-12-7-13-27-19)21-24-20(16-8-3-1-4-9-16)22(28-21)26-25-18-10-5-2-6-11-18/h1-14H/b17-14-,26-25?. The molecule has 0 atom stereocenters. The van der Waals surface area contributed by atoms with E-state index in [-0.39, 0.29) is 0 Å². The maximum Gasteiger partial charge on any atom is 0.167 e. The van der Waals surface area contributed by atoms with Crippen molar-refractivity contribution in [2.45, 2.75) is 0 Å². The molecule has 0 fully saturated rings. The number of hydrogen-bond donors (Lipinski definition) is 0. The van der Waals surface area contributed by atoms with Crippen molar-refractivity contribution < 1.29 is 4.42 Å². The first kappa shape index (κ1) is 17.6. The first-order valence-corrected chi connectivity index (χ1v) is 9.34. The quantitative estimate of drug-likeness (QED) is 0.279. The van der Waals surface area contributed by atoms with Gasteiger partial charge in [-0.3, -0.25) is 0 Å². The Morgan fingerprint density at radius 1 is 0.964 bits per heavy atom. The molecule has 28 heavy (non-hydrogen) atoms. The van der Waals surface area contributed by atoms with E-state index in [2.05, 4.69) is 21.3 Å². The van der Waals surface area contributed by atoms with E-state index < -0.39 is 0 Å².